The van der Waals surface area contributed by atoms with Gasteiger partial charge in [0.25, 0.3) is 0 Å². The third-order valence-electron chi connectivity index (χ3n) is 1.41. The number of carbonyl (C=O) groups excluding carboxylic acids is 1. The summed E-state index contributed by atoms with van der Waals surface area (Å²) in [5.74, 6) is 0. The summed E-state index contributed by atoms with van der Waals surface area (Å²) in [6.07, 6.45) is 0.428. The van der Waals surface area contributed by atoms with Crippen LogP contribution in [0.25, 0.3) is 0 Å². The number of nitrogens with two attached hydrogens (primary N) is 1. The first kappa shape index (κ1) is 14.2. The third-order valence-corrected chi connectivity index (χ3v) is 1.41. The number of alkyl carbamates (subject to hydrolysis) is 1. The Bertz CT molecular complexity index is 178. The molecule has 0 unspecified atom stereocenters. The first-order valence-corrected chi connectivity index (χ1v) is 5.20. The fraction of sp³-hybridized carbons (Fsp3) is 0.900. The molecule has 0 bridgehead atoms. The van der Waals surface area contributed by atoms with Crippen LogP contribution in [-0.2, 0) is 9.47 Å². The zero-order valence-corrected chi connectivity index (χ0v) is 9.84. The summed E-state index contributed by atoms with van der Waals surface area (Å²) in [6.45, 7) is 7.67. The average Bonchev–Trinajstić information content (AvgIpc) is 2.08. The van der Waals surface area contributed by atoms with Crippen molar-refractivity contribution in [3.63, 3.8) is 0 Å². The first-order chi connectivity index (χ1) is 6.95. The number of hydrogen-bond donors (Lipinski definition) is 2. The molecule has 5 heteroatoms. The molecule has 90 valence electrons. The van der Waals surface area contributed by atoms with E-state index in [9.17, 15) is 4.79 Å². The molecule has 0 aliphatic carbocycles. The summed E-state index contributed by atoms with van der Waals surface area (Å²) < 4.78 is 10.2. The van der Waals surface area contributed by atoms with E-state index in [1.807, 2.05) is 20.8 Å². The minimum Gasteiger partial charge on any atom is -0.444 e. The zero-order chi connectivity index (χ0) is 11.7. The zero-order valence-electron chi connectivity index (χ0n) is 9.84. The van der Waals surface area contributed by atoms with Gasteiger partial charge >= 0.3 is 6.09 Å². The molecule has 1 amide bonds. The van der Waals surface area contributed by atoms with Gasteiger partial charge in [0.15, 0.2) is 0 Å². The van der Waals surface area contributed by atoms with Crippen LogP contribution >= 0.6 is 0 Å². The Kier molecular flexibility index (Phi) is 7.07. The summed E-state index contributed by atoms with van der Waals surface area (Å²) >= 11 is 0. The van der Waals surface area contributed by atoms with Gasteiger partial charge in [0.05, 0.1) is 6.61 Å². The van der Waals surface area contributed by atoms with Crippen molar-refractivity contribution < 1.29 is 14.3 Å². The minimum absolute atomic E-state index is 0.412. The number of amides is 1. The van der Waals surface area contributed by atoms with Gasteiger partial charge in [0.2, 0.25) is 0 Å². The van der Waals surface area contributed by atoms with Crippen LogP contribution < -0.4 is 11.1 Å². The Hall–Kier alpha value is -0.810. The number of nitrogens with one attached hydrogen (secondary N) is 1. The Morgan fingerprint density at radius 2 is 2.00 bits per heavy atom. The second kappa shape index (κ2) is 7.48. The van der Waals surface area contributed by atoms with E-state index in [-0.39, 0.29) is 0 Å². The fourth-order valence-electron chi connectivity index (χ4n) is 0.827. The van der Waals surface area contributed by atoms with Gasteiger partial charge in [-0.15, -0.1) is 0 Å². The highest BCUT2D eigenvalue weighted by atomic mass is 16.6. The number of rotatable bonds is 6. The summed E-state index contributed by atoms with van der Waals surface area (Å²) in [5.41, 5.74) is 4.84. The molecular formula is C10H22N2O3. The van der Waals surface area contributed by atoms with Gasteiger partial charge in [-0.2, -0.15) is 0 Å². The topological polar surface area (TPSA) is 73.6 Å². The van der Waals surface area contributed by atoms with Crippen LogP contribution in [0.1, 0.15) is 27.2 Å². The van der Waals surface area contributed by atoms with E-state index in [1.165, 1.54) is 0 Å². The van der Waals surface area contributed by atoms with Gasteiger partial charge in [0, 0.05) is 13.2 Å². The molecule has 0 heterocycles. The third kappa shape index (κ3) is 11.1. The maximum atomic E-state index is 11.1. The van der Waals surface area contributed by atoms with Gasteiger partial charge < -0.3 is 20.5 Å². The molecule has 0 aliphatic rings. The molecule has 0 saturated heterocycles. The van der Waals surface area contributed by atoms with Crippen LogP contribution in [0.2, 0.25) is 0 Å². The van der Waals surface area contributed by atoms with E-state index in [0.717, 1.165) is 6.42 Å². The molecule has 0 radical (unpaired) electrons. The van der Waals surface area contributed by atoms with Crippen LogP contribution in [0, 0.1) is 0 Å². The molecule has 0 aromatic heterocycles. The number of ether oxygens (including phenoxy) is 2. The normalized spacial score (nSPS) is 11.2. The van der Waals surface area contributed by atoms with Crippen molar-refractivity contribution in [1.82, 2.24) is 5.32 Å². The van der Waals surface area contributed by atoms with Gasteiger partial charge in [-0.05, 0) is 33.7 Å². The highest BCUT2D eigenvalue weighted by molar-refractivity contribution is 5.67. The van der Waals surface area contributed by atoms with Crippen molar-refractivity contribution in [1.29, 1.82) is 0 Å². The van der Waals surface area contributed by atoms with Gasteiger partial charge in [0.1, 0.15) is 5.60 Å². The van der Waals surface area contributed by atoms with Gasteiger partial charge in [-0.3, -0.25) is 0 Å². The molecule has 0 aromatic rings. The molecule has 0 saturated carbocycles. The SMILES string of the molecule is CC(C)(C)OC(=O)NCCOCCCN. The fourth-order valence-corrected chi connectivity index (χ4v) is 0.827. The van der Waals surface area contributed by atoms with E-state index in [2.05, 4.69) is 5.32 Å². The lowest BCUT2D eigenvalue weighted by Crippen LogP contribution is -2.34. The quantitative estimate of drug-likeness (QED) is 0.649. The molecule has 0 spiro atoms. The Morgan fingerprint density at radius 3 is 2.53 bits per heavy atom. The smallest absolute Gasteiger partial charge is 0.407 e. The number of hydrogen-bond acceptors (Lipinski definition) is 4. The predicted octanol–water partition coefficient (Wildman–Crippen LogP) is 0.877. The van der Waals surface area contributed by atoms with E-state index in [1.54, 1.807) is 0 Å². The van der Waals surface area contributed by atoms with Gasteiger partial charge in [-0.1, -0.05) is 0 Å². The van der Waals surface area contributed by atoms with Crippen LogP contribution in [0.15, 0.2) is 0 Å². The van der Waals surface area contributed by atoms with E-state index in [4.69, 9.17) is 15.2 Å². The molecule has 0 atom stereocenters. The predicted molar refractivity (Wildman–Crippen MR) is 58.7 cm³/mol. The Balaban J connectivity index is 3.32. The van der Waals surface area contributed by atoms with E-state index >= 15 is 0 Å². The largest absolute Gasteiger partial charge is 0.444 e. The lowest BCUT2D eigenvalue weighted by atomic mass is 10.2. The summed E-state index contributed by atoms with van der Waals surface area (Å²) in [4.78, 5) is 11.1. The van der Waals surface area contributed by atoms with Crippen LogP contribution in [0.3, 0.4) is 0 Å². The lowest BCUT2D eigenvalue weighted by Gasteiger charge is -2.19. The maximum Gasteiger partial charge on any atom is 0.407 e. The molecule has 5 nitrogen and oxygen atoms in total. The van der Waals surface area contributed by atoms with Crippen LogP contribution in [0.5, 0.6) is 0 Å². The highest BCUT2D eigenvalue weighted by Crippen LogP contribution is 2.05. The van der Waals surface area contributed by atoms with Crippen LogP contribution in [0.4, 0.5) is 4.79 Å². The van der Waals surface area contributed by atoms with Crippen molar-refractivity contribution in [2.45, 2.75) is 32.8 Å². The highest BCUT2D eigenvalue weighted by Gasteiger charge is 2.15. The molecule has 15 heavy (non-hydrogen) atoms. The maximum absolute atomic E-state index is 11.1. The van der Waals surface area contributed by atoms with Crippen molar-refractivity contribution in [2.75, 3.05) is 26.3 Å². The summed E-state index contributed by atoms with van der Waals surface area (Å²) in [6, 6.07) is 0. The monoisotopic (exact) mass is 218 g/mol. The molecule has 0 aromatic carbocycles. The van der Waals surface area contributed by atoms with E-state index in [0.29, 0.717) is 26.3 Å². The van der Waals surface area contributed by atoms with Crippen molar-refractivity contribution >= 4 is 6.09 Å². The van der Waals surface area contributed by atoms with Crippen molar-refractivity contribution in [2.24, 2.45) is 5.73 Å². The average molecular weight is 218 g/mol. The summed E-state index contributed by atoms with van der Waals surface area (Å²) in [7, 11) is 0. The van der Waals surface area contributed by atoms with Gasteiger partial charge in [-0.25, -0.2) is 4.79 Å². The Labute approximate surface area is 91.3 Å². The first-order valence-electron chi connectivity index (χ1n) is 5.20. The van der Waals surface area contributed by atoms with Crippen LogP contribution in [-0.4, -0.2) is 38.0 Å². The summed E-state index contributed by atoms with van der Waals surface area (Å²) in [5, 5.41) is 2.60. The lowest BCUT2D eigenvalue weighted by molar-refractivity contribution is 0.0499. The van der Waals surface area contributed by atoms with Crippen molar-refractivity contribution in [3.8, 4) is 0 Å². The molecule has 3 N–H and O–H groups in total. The van der Waals surface area contributed by atoms with E-state index < -0.39 is 11.7 Å². The molecule has 0 fully saturated rings. The van der Waals surface area contributed by atoms with Crippen molar-refractivity contribution in [3.05, 3.63) is 0 Å². The molecular weight excluding hydrogens is 196 g/mol. The molecule has 0 aliphatic heterocycles. The molecule has 0 rings (SSSR count). The Morgan fingerprint density at radius 1 is 1.33 bits per heavy atom. The minimum atomic E-state index is -0.454. The standard InChI is InChI=1S/C10H22N2O3/c1-10(2,3)15-9(13)12-6-8-14-7-4-5-11/h4-8,11H2,1-3H3,(H,12,13). The second-order valence-electron chi connectivity index (χ2n) is 4.18. The second-order valence-corrected chi connectivity index (χ2v) is 4.18. The number of carbonyl (C=O) groups is 1.